The van der Waals surface area contributed by atoms with Crippen molar-refractivity contribution < 1.29 is 4.79 Å². The first-order chi connectivity index (χ1) is 12.2. The Morgan fingerprint density at radius 2 is 2.04 bits per heavy atom. The maximum atomic E-state index is 12.3. The van der Waals surface area contributed by atoms with E-state index in [0.717, 1.165) is 49.6 Å². The van der Waals surface area contributed by atoms with E-state index in [4.69, 9.17) is 0 Å². The molecule has 6 nitrogen and oxygen atoms in total. The molecule has 0 unspecified atom stereocenters. The SMILES string of the molecule is Cc1nc(C(=O)NC2CCN(c3ncnc4c3CCCC4)CC2)cs1. The molecule has 1 saturated heterocycles. The van der Waals surface area contributed by atoms with Crippen LogP contribution >= 0.6 is 11.3 Å². The standard InChI is InChI=1S/C18H23N5OS/c1-12-21-16(10-25-12)18(24)22-13-6-8-23(9-7-13)17-14-4-2-3-5-15(14)19-11-20-17/h10-11,13H,2-9H2,1H3,(H,22,24). The zero-order chi connectivity index (χ0) is 17.2. The van der Waals surface area contributed by atoms with Gasteiger partial charge in [-0.05, 0) is 45.4 Å². The number of rotatable bonds is 3. The average molecular weight is 357 g/mol. The molecule has 0 atom stereocenters. The molecule has 1 aliphatic heterocycles. The maximum Gasteiger partial charge on any atom is 0.270 e. The van der Waals surface area contributed by atoms with Crippen LogP contribution in [0.4, 0.5) is 5.82 Å². The number of anilines is 1. The Morgan fingerprint density at radius 1 is 1.24 bits per heavy atom. The van der Waals surface area contributed by atoms with Crippen molar-refractivity contribution in [2.24, 2.45) is 0 Å². The number of nitrogens with zero attached hydrogens (tertiary/aromatic N) is 4. The Bertz CT molecular complexity index is 767. The molecule has 1 N–H and O–H groups in total. The van der Waals surface area contributed by atoms with Gasteiger partial charge in [0.2, 0.25) is 0 Å². The molecule has 0 saturated carbocycles. The number of piperidine rings is 1. The number of aromatic nitrogens is 3. The van der Waals surface area contributed by atoms with Gasteiger partial charge >= 0.3 is 0 Å². The Morgan fingerprint density at radius 3 is 2.80 bits per heavy atom. The third kappa shape index (κ3) is 3.51. The summed E-state index contributed by atoms with van der Waals surface area (Å²) in [7, 11) is 0. The van der Waals surface area contributed by atoms with Gasteiger partial charge in [0.1, 0.15) is 17.8 Å². The van der Waals surface area contributed by atoms with Crippen LogP contribution in [0.5, 0.6) is 0 Å². The molecule has 25 heavy (non-hydrogen) atoms. The lowest BCUT2D eigenvalue weighted by molar-refractivity contribution is 0.0926. The second-order valence-corrected chi connectivity index (χ2v) is 7.88. The highest BCUT2D eigenvalue weighted by molar-refractivity contribution is 7.09. The summed E-state index contributed by atoms with van der Waals surface area (Å²) in [5, 5.41) is 5.88. The van der Waals surface area contributed by atoms with E-state index in [-0.39, 0.29) is 11.9 Å². The van der Waals surface area contributed by atoms with Gasteiger partial charge in [-0.25, -0.2) is 15.0 Å². The highest BCUT2D eigenvalue weighted by Crippen LogP contribution is 2.28. The van der Waals surface area contributed by atoms with E-state index in [1.807, 2.05) is 12.3 Å². The Labute approximate surface area is 151 Å². The van der Waals surface area contributed by atoms with Gasteiger partial charge in [0, 0.05) is 35.8 Å². The van der Waals surface area contributed by atoms with Crippen LogP contribution in [-0.2, 0) is 12.8 Å². The number of amides is 1. The maximum absolute atomic E-state index is 12.3. The first-order valence-corrected chi connectivity index (χ1v) is 9.89. The number of thiazole rings is 1. The first-order valence-electron chi connectivity index (χ1n) is 9.01. The van der Waals surface area contributed by atoms with E-state index in [9.17, 15) is 4.79 Å². The highest BCUT2D eigenvalue weighted by atomic mass is 32.1. The van der Waals surface area contributed by atoms with Crippen LogP contribution in [0.25, 0.3) is 0 Å². The normalized spacial score (nSPS) is 18.0. The Kier molecular flexibility index (Phi) is 4.65. The third-order valence-electron chi connectivity index (χ3n) is 5.08. The van der Waals surface area contributed by atoms with Gasteiger partial charge in [-0.15, -0.1) is 11.3 Å². The number of hydrogen-bond donors (Lipinski definition) is 1. The van der Waals surface area contributed by atoms with Gasteiger partial charge in [0.05, 0.1) is 5.01 Å². The first kappa shape index (κ1) is 16.4. The van der Waals surface area contributed by atoms with Crippen LogP contribution in [0.15, 0.2) is 11.7 Å². The number of fused-ring (bicyclic) bond motifs is 1. The summed E-state index contributed by atoms with van der Waals surface area (Å²) in [6.07, 6.45) is 8.20. The minimum absolute atomic E-state index is 0.0535. The summed E-state index contributed by atoms with van der Waals surface area (Å²) in [5.41, 5.74) is 3.11. The fourth-order valence-corrected chi connectivity index (χ4v) is 4.33. The van der Waals surface area contributed by atoms with Gasteiger partial charge in [-0.3, -0.25) is 4.79 Å². The predicted molar refractivity (Wildman–Crippen MR) is 98.2 cm³/mol. The molecule has 1 aliphatic carbocycles. The van der Waals surface area contributed by atoms with Crippen molar-refractivity contribution in [1.82, 2.24) is 20.3 Å². The second kappa shape index (κ2) is 7.07. The van der Waals surface area contributed by atoms with Crippen molar-refractivity contribution >= 4 is 23.1 Å². The monoisotopic (exact) mass is 357 g/mol. The van der Waals surface area contributed by atoms with E-state index in [1.54, 1.807) is 6.33 Å². The van der Waals surface area contributed by atoms with Crippen molar-refractivity contribution in [3.05, 3.63) is 33.7 Å². The lowest BCUT2D eigenvalue weighted by Gasteiger charge is -2.34. The quantitative estimate of drug-likeness (QED) is 0.914. The van der Waals surface area contributed by atoms with Crippen molar-refractivity contribution in [2.45, 2.75) is 51.5 Å². The highest BCUT2D eigenvalue weighted by Gasteiger charge is 2.25. The largest absolute Gasteiger partial charge is 0.356 e. The van der Waals surface area contributed by atoms with E-state index < -0.39 is 0 Å². The molecule has 0 radical (unpaired) electrons. The van der Waals surface area contributed by atoms with Gasteiger partial charge < -0.3 is 10.2 Å². The van der Waals surface area contributed by atoms with Gasteiger partial charge in [-0.2, -0.15) is 0 Å². The molecular weight excluding hydrogens is 334 g/mol. The minimum atomic E-state index is -0.0535. The molecule has 0 aromatic carbocycles. The smallest absolute Gasteiger partial charge is 0.270 e. The van der Waals surface area contributed by atoms with Crippen LogP contribution < -0.4 is 10.2 Å². The molecule has 2 aromatic heterocycles. The number of aryl methyl sites for hydroxylation is 2. The molecule has 3 heterocycles. The van der Waals surface area contributed by atoms with Gasteiger partial charge in [-0.1, -0.05) is 0 Å². The summed E-state index contributed by atoms with van der Waals surface area (Å²) in [5.74, 6) is 1.06. The van der Waals surface area contributed by atoms with Gasteiger partial charge in [0.25, 0.3) is 5.91 Å². The molecule has 132 valence electrons. The van der Waals surface area contributed by atoms with Crippen LogP contribution in [0.1, 0.15) is 52.4 Å². The molecule has 0 bridgehead atoms. The summed E-state index contributed by atoms with van der Waals surface area (Å²) in [4.78, 5) is 27.9. The van der Waals surface area contributed by atoms with E-state index >= 15 is 0 Å². The lowest BCUT2D eigenvalue weighted by atomic mass is 9.95. The summed E-state index contributed by atoms with van der Waals surface area (Å²) in [6, 6.07) is 0.211. The number of hydrogen-bond acceptors (Lipinski definition) is 6. The molecule has 1 amide bonds. The number of carbonyl (C=O) groups is 1. The third-order valence-corrected chi connectivity index (χ3v) is 5.86. The molecule has 1 fully saturated rings. The van der Waals surface area contributed by atoms with E-state index in [1.165, 1.54) is 35.4 Å². The molecular formula is C18H23N5OS. The molecule has 4 rings (SSSR count). The van der Waals surface area contributed by atoms with Crippen molar-refractivity contribution in [3.63, 3.8) is 0 Å². The summed E-state index contributed by atoms with van der Waals surface area (Å²) < 4.78 is 0. The number of nitrogens with one attached hydrogen (secondary N) is 1. The topological polar surface area (TPSA) is 71.0 Å². The second-order valence-electron chi connectivity index (χ2n) is 6.82. The lowest BCUT2D eigenvalue weighted by Crippen LogP contribution is -2.45. The van der Waals surface area contributed by atoms with Crippen molar-refractivity contribution in [2.75, 3.05) is 18.0 Å². The van der Waals surface area contributed by atoms with Crippen LogP contribution in [0, 0.1) is 6.92 Å². The number of carbonyl (C=O) groups excluding carboxylic acids is 1. The predicted octanol–water partition coefficient (Wildman–Crippen LogP) is 2.52. The molecule has 0 spiro atoms. The van der Waals surface area contributed by atoms with E-state index in [0.29, 0.717) is 5.69 Å². The van der Waals surface area contributed by atoms with E-state index in [2.05, 4.69) is 25.2 Å². The molecule has 7 heteroatoms. The zero-order valence-corrected chi connectivity index (χ0v) is 15.3. The van der Waals surface area contributed by atoms with Gasteiger partial charge in [0.15, 0.2) is 0 Å². The molecule has 2 aliphatic rings. The van der Waals surface area contributed by atoms with Crippen LogP contribution in [0.2, 0.25) is 0 Å². The zero-order valence-electron chi connectivity index (χ0n) is 14.5. The van der Waals surface area contributed by atoms with Crippen LogP contribution in [-0.4, -0.2) is 40.0 Å². The van der Waals surface area contributed by atoms with Crippen molar-refractivity contribution in [1.29, 1.82) is 0 Å². The molecule has 2 aromatic rings. The fourth-order valence-electron chi connectivity index (χ4n) is 3.74. The summed E-state index contributed by atoms with van der Waals surface area (Å²) >= 11 is 1.51. The Balaban J connectivity index is 1.38. The Hall–Kier alpha value is -2.02. The fraction of sp³-hybridized carbons (Fsp3) is 0.556. The van der Waals surface area contributed by atoms with Crippen molar-refractivity contribution in [3.8, 4) is 0 Å². The van der Waals surface area contributed by atoms with Crippen LogP contribution in [0.3, 0.4) is 0 Å². The minimum Gasteiger partial charge on any atom is -0.356 e. The summed E-state index contributed by atoms with van der Waals surface area (Å²) in [6.45, 7) is 3.76. The average Bonchev–Trinajstić information content (AvgIpc) is 3.08.